The van der Waals surface area contributed by atoms with E-state index in [0.29, 0.717) is 16.9 Å². The minimum atomic E-state index is -4.93. The zero-order valence-electron chi connectivity index (χ0n) is 17.2. The highest BCUT2D eigenvalue weighted by molar-refractivity contribution is 5.99. The summed E-state index contributed by atoms with van der Waals surface area (Å²) in [6, 6.07) is 13.9. The van der Waals surface area contributed by atoms with E-state index in [-0.39, 0.29) is 12.4 Å². The van der Waals surface area contributed by atoms with Crippen LogP contribution in [0.3, 0.4) is 0 Å². The van der Waals surface area contributed by atoms with Gasteiger partial charge in [0.25, 0.3) is 5.91 Å². The summed E-state index contributed by atoms with van der Waals surface area (Å²) in [5.74, 6) is -3.02. The zero-order chi connectivity index (χ0) is 23.3. The Bertz CT molecular complexity index is 1080. The third-order valence-electron chi connectivity index (χ3n) is 4.54. The third kappa shape index (κ3) is 5.11. The van der Waals surface area contributed by atoms with Crippen molar-refractivity contribution in [2.24, 2.45) is 0 Å². The van der Waals surface area contributed by atoms with E-state index in [1.165, 1.54) is 19.2 Å². The number of esters is 1. The first-order valence-corrected chi connectivity index (χ1v) is 9.62. The molecule has 0 saturated heterocycles. The van der Waals surface area contributed by atoms with Crippen LogP contribution in [0.4, 0.5) is 13.2 Å². The van der Waals surface area contributed by atoms with E-state index < -0.39 is 35.4 Å². The highest BCUT2D eigenvalue weighted by Crippen LogP contribution is 2.37. The Hall–Kier alpha value is -3.75. The number of nitrogens with one attached hydrogen (secondary N) is 1. The molecule has 0 saturated carbocycles. The smallest absolute Gasteiger partial charge is 0.450 e. The molecule has 3 aromatic rings. The second-order valence-electron chi connectivity index (χ2n) is 6.65. The van der Waals surface area contributed by atoms with Gasteiger partial charge in [-0.15, -0.1) is 0 Å². The number of carbonyl (C=O) groups is 2. The molecule has 168 valence electrons. The minimum Gasteiger partial charge on any atom is -0.497 e. The van der Waals surface area contributed by atoms with Crippen LogP contribution in [-0.4, -0.2) is 25.6 Å². The lowest BCUT2D eigenvalue weighted by Crippen LogP contribution is -2.35. The van der Waals surface area contributed by atoms with Gasteiger partial charge in [0.1, 0.15) is 11.5 Å². The van der Waals surface area contributed by atoms with Crippen LogP contribution in [-0.2, 0) is 15.7 Å². The molecule has 0 radical (unpaired) electrons. The van der Waals surface area contributed by atoms with Crippen LogP contribution < -0.4 is 10.1 Å². The van der Waals surface area contributed by atoms with Crippen LogP contribution in [0, 0.1) is 0 Å². The Morgan fingerprint density at radius 1 is 1.06 bits per heavy atom. The van der Waals surface area contributed by atoms with Gasteiger partial charge >= 0.3 is 12.1 Å². The summed E-state index contributed by atoms with van der Waals surface area (Å²) in [5, 5.41) is 2.34. The Balaban J connectivity index is 1.97. The first kappa shape index (κ1) is 22.9. The Morgan fingerprint density at radius 2 is 1.72 bits per heavy atom. The van der Waals surface area contributed by atoms with Crippen LogP contribution in [0.5, 0.6) is 5.75 Å². The third-order valence-corrected chi connectivity index (χ3v) is 4.54. The van der Waals surface area contributed by atoms with Gasteiger partial charge < -0.3 is 19.2 Å². The largest absolute Gasteiger partial charge is 0.497 e. The molecule has 1 unspecified atom stereocenters. The standard InChI is InChI=1S/C23H20F3NO5/c1-3-31-22(29)19(15-7-5-4-6-8-15)27-21(28)17-13-18(32-20(17)23(24,25)26)14-9-11-16(30-2)12-10-14/h4-13,19H,3H2,1-2H3,(H,27,28). The van der Waals surface area contributed by atoms with Crippen molar-refractivity contribution >= 4 is 11.9 Å². The summed E-state index contributed by atoms with van der Waals surface area (Å²) >= 11 is 0. The lowest BCUT2D eigenvalue weighted by Gasteiger charge is -2.17. The number of benzene rings is 2. The van der Waals surface area contributed by atoms with E-state index in [1.807, 2.05) is 0 Å². The van der Waals surface area contributed by atoms with Crippen LogP contribution in [0.2, 0.25) is 0 Å². The number of ether oxygens (including phenoxy) is 2. The van der Waals surface area contributed by atoms with Crippen LogP contribution in [0.25, 0.3) is 11.3 Å². The van der Waals surface area contributed by atoms with E-state index in [9.17, 15) is 22.8 Å². The van der Waals surface area contributed by atoms with E-state index >= 15 is 0 Å². The Kier molecular flexibility index (Phi) is 6.87. The summed E-state index contributed by atoms with van der Waals surface area (Å²) in [4.78, 5) is 25.2. The lowest BCUT2D eigenvalue weighted by atomic mass is 10.1. The van der Waals surface area contributed by atoms with Crippen LogP contribution in [0.15, 0.2) is 65.1 Å². The van der Waals surface area contributed by atoms with Gasteiger partial charge in [-0.2, -0.15) is 13.2 Å². The van der Waals surface area contributed by atoms with Gasteiger partial charge in [0.15, 0.2) is 6.04 Å². The topological polar surface area (TPSA) is 77.8 Å². The number of hydrogen-bond acceptors (Lipinski definition) is 5. The molecular formula is C23H20F3NO5. The zero-order valence-corrected chi connectivity index (χ0v) is 17.2. The Morgan fingerprint density at radius 3 is 2.28 bits per heavy atom. The van der Waals surface area contributed by atoms with Gasteiger partial charge in [-0.25, -0.2) is 4.79 Å². The molecule has 0 aliphatic heterocycles. The van der Waals surface area contributed by atoms with Gasteiger partial charge in [0, 0.05) is 5.56 Å². The molecule has 6 nitrogen and oxygen atoms in total. The molecule has 9 heteroatoms. The molecule has 1 heterocycles. The summed E-state index contributed by atoms with van der Waals surface area (Å²) < 4.78 is 55.9. The molecule has 0 spiro atoms. The van der Waals surface area contributed by atoms with E-state index in [2.05, 4.69) is 5.32 Å². The molecule has 0 aliphatic rings. The number of halogens is 3. The van der Waals surface area contributed by atoms with Crippen molar-refractivity contribution in [2.45, 2.75) is 19.1 Å². The highest BCUT2D eigenvalue weighted by atomic mass is 19.4. The van der Waals surface area contributed by atoms with E-state index in [1.54, 1.807) is 49.4 Å². The molecular weight excluding hydrogens is 427 g/mol. The number of alkyl halides is 3. The predicted octanol–water partition coefficient (Wildman–Crippen LogP) is 5.01. The van der Waals surface area contributed by atoms with Crippen molar-refractivity contribution < 1.29 is 36.7 Å². The predicted molar refractivity (Wildman–Crippen MR) is 109 cm³/mol. The maximum atomic E-state index is 13.6. The normalized spacial score (nSPS) is 12.2. The van der Waals surface area contributed by atoms with Gasteiger partial charge in [0.2, 0.25) is 5.76 Å². The number of amides is 1. The van der Waals surface area contributed by atoms with Crippen LogP contribution >= 0.6 is 0 Å². The molecule has 1 amide bonds. The lowest BCUT2D eigenvalue weighted by molar-refractivity contribution is -0.153. The fourth-order valence-electron chi connectivity index (χ4n) is 3.03. The number of rotatable bonds is 7. The highest BCUT2D eigenvalue weighted by Gasteiger charge is 2.41. The summed E-state index contributed by atoms with van der Waals surface area (Å²) in [7, 11) is 1.46. The first-order chi connectivity index (χ1) is 15.2. The van der Waals surface area contributed by atoms with Gasteiger partial charge in [-0.05, 0) is 42.8 Å². The van der Waals surface area contributed by atoms with Crippen molar-refractivity contribution in [1.29, 1.82) is 0 Å². The van der Waals surface area contributed by atoms with Crippen molar-refractivity contribution in [3.63, 3.8) is 0 Å². The SMILES string of the molecule is CCOC(=O)C(NC(=O)c1cc(-c2ccc(OC)cc2)oc1C(F)(F)F)c1ccccc1. The fraction of sp³-hybridized carbons (Fsp3) is 0.217. The number of hydrogen-bond donors (Lipinski definition) is 1. The quantitative estimate of drug-likeness (QED) is 0.516. The molecule has 1 aromatic heterocycles. The average molecular weight is 447 g/mol. The second-order valence-corrected chi connectivity index (χ2v) is 6.65. The average Bonchev–Trinajstić information content (AvgIpc) is 3.24. The number of methoxy groups -OCH3 is 1. The first-order valence-electron chi connectivity index (χ1n) is 9.62. The second kappa shape index (κ2) is 9.59. The molecule has 0 fully saturated rings. The summed E-state index contributed by atoms with van der Waals surface area (Å²) in [6.45, 7) is 1.62. The van der Waals surface area contributed by atoms with Crippen molar-refractivity contribution in [1.82, 2.24) is 5.32 Å². The number of carbonyl (C=O) groups excluding carboxylic acids is 2. The minimum absolute atomic E-state index is 0.0408. The summed E-state index contributed by atoms with van der Waals surface area (Å²) in [6.07, 6.45) is -4.93. The van der Waals surface area contributed by atoms with Crippen molar-refractivity contribution in [3.8, 4) is 17.1 Å². The van der Waals surface area contributed by atoms with Crippen LogP contribution in [0.1, 0.15) is 34.6 Å². The van der Waals surface area contributed by atoms with Gasteiger partial charge in [0.05, 0.1) is 19.3 Å². The molecule has 0 bridgehead atoms. The maximum Gasteiger partial charge on any atom is 0.450 e. The van der Waals surface area contributed by atoms with Crippen molar-refractivity contribution in [3.05, 3.63) is 77.6 Å². The molecule has 2 aromatic carbocycles. The molecule has 0 aliphatic carbocycles. The Labute approximate surface area is 181 Å². The molecule has 1 atom stereocenters. The molecule has 3 rings (SSSR count). The fourth-order valence-corrected chi connectivity index (χ4v) is 3.03. The maximum absolute atomic E-state index is 13.6. The van der Waals surface area contributed by atoms with Gasteiger partial charge in [-0.3, -0.25) is 4.79 Å². The molecule has 1 N–H and O–H groups in total. The molecule has 32 heavy (non-hydrogen) atoms. The number of furan rings is 1. The van der Waals surface area contributed by atoms with E-state index in [4.69, 9.17) is 13.9 Å². The van der Waals surface area contributed by atoms with E-state index in [0.717, 1.165) is 6.07 Å². The monoisotopic (exact) mass is 447 g/mol. The van der Waals surface area contributed by atoms with Gasteiger partial charge in [-0.1, -0.05) is 30.3 Å². The van der Waals surface area contributed by atoms with Crippen molar-refractivity contribution in [2.75, 3.05) is 13.7 Å². The summed E-state index contributed by atoms with van der Waals surface area (Å²) in [5.41, 5.74) is -0.0550.